The fraction of sp³-hybridized carbons (Fsp3) is 0.357. The van der Waals surface area contributed by atoms with Gasteiger partial charge in [-0.1, -0.05) is 32.6 Å². The maximum Gasteiger partial charge on any atom is 0.338 e. The molecule has 1 rings (SSSR count). The minimum Gasteiger partial charge on any atom is -0.508 e. The molecule has 3 nitrogen and oxygen atoms in total. The Morgan fingerprint density at radius 2 is 1.82 bits per heavy atom. The van der Waals surface area contributed by atoms with E-state index in [1.165, 1.54) is 0 Å². The lowest BCUT2D eigenvalue weighted by atomic mass is 10.1. The van der Waals surface area contributed by atoms with Gasteiger partial charge in [0.1, 0.15) is 5.76 Å². The molecular formula is C14H18O3. The summed E-state index contributed by atoms with van der Waals surface area (Å²) in [5.41, 5.74) is 1.09. The number of ether oxygens (including phenoxy) is 1. The van der Waals surface area contributed by atoms with E-state index in [1.807, 2.05) is 0 Å². The first-order valence-electron chi connectivity index (χ1n) is 5.66. The van der Waals surface area contributed by atoms with Crippen molar-refractivity contribution in [1.29, 1.82) is 0 Å². The number of carbonyl (C=O) groups is 1. The Balaban J connectivity index is 2.55. The van der Waals surface area contributed by atoms with Gasteiger partial charge in [-0.15, -0.1) is 0 Å². The van der Waals surface area contributed by atoms with Crippen LogP contribution >= 0.6 is 0 Å². The van der Waals surface area contributed by atoms with Crippen molar-refractivity contribution in [3.05, 3.63) is 42.0 Å². The topological polar surface area (TPSA) is 46.5 Å². The van der Waals surface area contributed by atoms with Crippen LogP contribution in [0.15, 0.2) is 30.8 Å². The van der Waals surface area contributed by atoms with Crippen molar-refractivity contribution in [3.8, 4) is 0 Å². The first-order valence-corrected chi connectivity index (χ1v) is 5.66. The molecule has 1 N–H and O–H groups in total. The number of rotatable bonds is 5. The lowest BCUT2D eigenvalue weighted by molar-refractivity contribution is 0.0488. The summed E-state index contributed by atoms with van der Waals surface area (Å²) in [7, 11) is 0. The average Bonchev–Trinajstić information content (AvgIpc) is 2.28. The van der Waals surface area contributed by atoms with Crippen molar-refractivity contribution < 1.29 is 14.6 Å². The van der Waals surface area contributed by atoms with E-state index in [2.05, 4.69) is 20.4 Å². The fourth-order valence-electron chi connectivity index (χ4n) is 1.27. The number of hydrogen-bond donors (Lipinski definition) is 1. The van der Waals surface area contributed by atoms with Gasteiger partial charge in [0, 0.05) is 5.56 Å². The van der Waals surface area contributed by atoms with Crippen LogP contribution < -0.4 is 0 Å². The Kier molecular flexibility index (Phi) is 4.76. The van der Waals surface area contributed by atoms with Gasteiger partial charge in [0.05, 0.1) is 12.2 Å². The van der Waals surface area contributed by atoms with Gasteiger partial charge in [0.2, 0.25) is 0 Å². The minimum absolute atomic E-state index is 0.00951. The number of carbonyl (C=O) groups excluding carboxylic acids is 1. The van der Waals surface area contributed by atoms with E-state index in [-0.39, 0.29) is 11.7 Å². The summed E-state index contributed by atoms with van der Waals surface area (Å²) in [6, 6.07) is 6.52. The number of benzene rings is 1. The SMILES string of the molecule is C=C(O)c1ccc(C(=O)OCCC(C)C)cc1. The highest BCUT2D eigenvalue weighted by atomic mass is 16.5. The predicted octanol–water partition coefficient (Wildman–Crippen LogP) is 3.42. The molecular weight excluding hydrogens is 216 g/mol. The molecule has 0 saturated heterocycles. The lowest BCUT2D eigenvalue weighted by Gasteiger charge is -2.07. The molecule has 1 aromatic carbocycles. The summed E-state index contributed by atoms with van der Waals surface area (Å²) in [5.74, 6) is 0.174. The molecule has 0 amide bonds. The molecule has 1 aromatic rings. The van der Waals surface area contributed by atoms with Crippen LogP contribution in [0.5, 0.6) is 0 Å². The second-order valence-corrected chi connectivity index (χ2v) is 4.34. The van der Waals surface area contributed by atoms with Gasteiger partial charge in [-0.05, 0) is 24.5 Å². The summed E-state index contributed by atoms with van der Waals surface area (Å²) >= 11 is 0. The third-order valence-corrected chi connectivity index (χ3v) is 2.38. The largest absolute Gasteiger partial charge is 0.508 e. The van der Waals surface area contributed by atoms with Crippen molar-refractivity contribution >= 4 is 11.7 Å². The van der Waals surface area contributed by atoms with Crippen LogP contribution in [0.25, 0.3) is 5.76 Å². The molecule has 0 aliphatic heterocycles. The molecule has 17 heavy (non-hydrogen) atoms. The van der Waals surface area contributed by atoms with Crippen LogP contribution in [-0.4, -0.2) is 17.7 Å². The molecule has 92 valence electrons. The van der Waals surface area contributed by atoms with E-state index in [1.54, 1.807) is 24.3 Å². The molecule has 0 heterocycles. The van der Waals surface area contributed by atoms with Crippen LogP contribution in [0.4, 0.5) is 0 Å². The lowest BCUT2D eigenvalue weighted by Crippen LogP contribution is -2.08. The quantitative estimate of drug-likeness (QED) is 0.627. The standard InChI is InChI=1S/C14H18O3/c1-10(2)8-9-17-14(16)13-6-4-12(5-7-13)11(3)15/h4-7,10,15H,3,8-9H2,1-2H3. The molecule has 0 spiro atoms. The number of hydrogen-bond acceptors (Lipinski definition) is 3. The molecule has 0 fully saturated rings. The Bertz CT molecular complexity index is 390. The van der Waals surface area contributed by atoms with E-state index in [0.29, 0.717) is 23.7 Å². The van der Waals surface area contributed by atoms with Crippen LogP contribution in [-0.2, 0) is 4.74 Å². The van der Waals surface area contributed by atoms with E-state index >= 15 is 0 Å². The van der Waals surface area contributed by atoms with Gasteiger partial charge in [-0.25, -0.2) is 4.79 Å². The molecule has 0 radical (unpaired) electrons. The Morgan fingerprint density at radius 1 is 1.29 bits per heavy atom. The molecule has 0 atom stereocenters. The number of aliphatic hydroxyl groups is 1. The highest BCUT2D eigenvalue weighted by Crippen LogP contribution is 2.11. The van der Waals surface area contributed by atoms with Crippen LogP contribution in [0, 0.1) is 5.92 Å². The summed E-state index contributed by atoms with van der Waals surface area (Å²) in [6.07, 6.45) is 0.858. The fourth-order valence-corrected chi connectivity index (χ4v) is 1.27. The average molecular weight is 234 g/mol. The molecule has 0 aliphatic rings. The summed E-state index contributed by atoms with van der Waals surface area (Å²) in [4.78, 5) is 11.6. The second-order valence-electron chi connectivity index (χ2n) is 4.34. The van der Waals surface area contributed by atoms with Crippen molar-refractivity contribution in [2.75, 3.05) is 6.61 Å². The third-order valence-electron chi connectivity index (χ3n) is 2.38. The van der Waals surface area contributed by atoms with Gasteiger partial charge in [-0.3, -0.25) is 0 Å². The second kappa shape index (κ2) is 6.09. The summed E-state index contributed by atoms with van der Waals surface area (Å²) in [5, 5.41) is 9.15. The van der Waals surface area contributed by atoms with Gasteiger partial charge in [-0.2, -0.15) is 0 Å². The Hall–Kier alpha value is -1.77. The van der Waals surface area contributed by atoms with E-state index in [0.717, 1.165) is 6.42 Å². The zero-order valence-corrected chi connectivity index (χ0v) is 10.3. The molecule has 3 heteroatoms. The molecule has 0 unspecified atom stereocenters. The highest BCUT2D eigenvalue weighted by molar-refractivity contribution is 5.89. The summed E-state index contributed by atoms with van der Waals surface area (Å²) < 4.78 is 5.12. The zero-order chi connectivity index (χ0) is 12.8. The first-order chi connectivity index (χ1) is 8.00. The van der Waals surface area contributed by atoms with Crippen LogP contribution in [0.3, 0.4) is 0 Å². The predicted molar refractivity (Wildman–Crippen MR) is 67.8 cm³/mol. The van der Waals surface area contributed by atoms with Gasteiger partial charge in [0.15, 0.2) is 0 Å². The highest BCUT2D eigenvalue weighted by Gasteiger charge is 2.07. The number of esters is 1. The molecule has 0 saturated carbocycles. The molecule has 0 aromatic heterocycles. The third kappa shape index (κ3) is 4.31. The van der Waals surface area contributed by atoms with Crippen molar-refractivity contribution in [2.45, 2.75) is 20.3 Å². The maximum absolute atomic E-state index is 11.6. The van der Waals surface area contributed by atoms with Gasteiger partial charge in [0.25, 0.3) is 0 Å². The van der Waals surface area contributed by atoms with E-state index in [4.69, 9.17) is 9.84 Å². The van der Waals surface area contributed by atoms with E-state index < -0.39 is 0 Å². The van der Waals surface area contributed by atoms with Crippen molar-refractivity contribution in [2.24, 2.45) is 5.92 Å². The number of aliphatic hydroxyl groups excluding tert-OH is 1. The molecule has 0 aliphatic carbocycles. The Labute approximate surface area is 102 Å². The minimum atomic E-state index is -0.333. The first kappa shape index (κ1) is 13.3. The Morgan fingerprint density at radius 3 is 2.29 bits per heavy atom. The monoisotopic (exact) mass is 234 g/mol. The van der Waals surface area contributed by atoms with Gasteiger partial charge >= 0.3 is 5.97 Å². The van der Waals surface area contributed by atoms with Crippen LogP contribution in [0.2, 0.25) is 0 Å². The maximum atomic E-state index is 11.6. The summed E-state index contributed by atoms with van der Waals surface area (Å²) in [6.45, 7) is 8.00. The van der Waals surface area contributed by atoms with Crippen LogP contribution in [0.1, 0.15) is 36.2 Å². The van der Waals surface area contributed by atoms with Crippen molar-refractivity contribution in [1.82, 2.24) is 0 Å². The van der Waals surface area contributed by atoms with Gasteiger partial charge < -0.3 is 9.84 Å². The molecule has 0 bridgehead atoms. The smallest absolute Gasteiger partial charge is 0.338 e. The normalized spacial score (nSPS) is 10.3. The van der Waals surface area contributed by atoms with Crippen molar-refractivity contribution in [3.63, 3.8) is 0 Å². The van der Waals surface area contributed by atoms with E-state index in [9.17, 15) is 4.79 Å². The zero-order valence-electron chi connectivity index (χ0n) is 10.3.